The first-order valence-corrected chi connectivity index (χ1v) is 9.72. The van der Waals surface area contributed by atoms with Gasteiger partial charge in [0.2, 0.25) is 0 Å². The highest BCUT2D eigenvalue weighted by Gasteiger charge is 2.22. The van der Waals surface area contributed by atoms with Gasteiger partial charge in [0.15, 0.2) is 0 Å². The summed E-state index contributed by atoms with van der Waals surface area (Å²) in [5.41, 5.74) is 0. The molecule has 0 rings (SSSR count). The van der Waals surface area contributed by atoms with Crippen molar-refractivity contribution in [2.75, 3.05) is 30.9 Å². The molecule has 0 aliphatic carbocycles. The summed E-state index contributed by atoms with van der Waals surface area (Å²) in [7, 11) is -2.92. The lowest BCUT2D eigenvalue weighted by Gasteiger charge is -2.16. The Morgan fingerprint density at radius 2 is 1.90 bits per heavy atom. The van der Waals surface area contributed by atoms with Crippen LogP contribution in [0.4, 0.5) is 0 Å². The molecule has 0 saturated heterocycles. The third-order valence-corrected chi connectivity index (χ3v) is 5.39. The van der Waals surface area contributed by atoms with Crippen molar-refractivity contribution >= 4 is 25.3 Å². The Hall–Kier alpha value is -0.0300. The largest absolute Gasteiger partial charge is 0.458 e. The van der Waals surface area contributed by atoms with Crippen molar-refractivity contribution in [3.63, 3.8) is 0 Å². The molecule has 20 heavy (non-hydrogen) atoms. The molecule has 0 bridgehead atoms. The van der Waals surface area contributed by atoms with Gasteiger partial charge in [0.1, 0.15) is 6.61 Å². The zero-order valence-electron chi connectivity index (χ0n) is 12.3. The van der Waals surface area contributed by atoms with Crippen molar-refractivity contribution in [2.24, 2.45) is 0 Å². The number of hydrogen-bond donors (Lipinski definition) is 0. The maximum Gasteiger partial charge on any atom is 0.330 e. The van der Waals surface area contributed by atoms with E-state index in [-0.39, 0.29) is 5.97 Å². The molecule has 0 saturated carbocycles. The number of thioether (sulfide) groups is 1. The predicted molar refractivity (Wildman–Crippen MR) is 82.7 cm³/mol. The van der Waals surface area contributed by atoms with Crippen molar-refractivity contribution in [1.82, 2.24) is 0 Å². The second-order valence-corrected chi connectivity index (χ2v) is 7.24. The molecule has 0 unspecified atom stereocenters. The standard InChI is InChI=1S/C13H25O5PS/c1-4-9-16-13(14)8-12-20-11-7-10-19(15,17-5-2)18-6-3/h9H,1,4-8,10-12H2,2-3H3. The molecule has 7 heteroatoms. The maximum absolute atomic E-state index is 12.1. The molecular weight excluding hydrogens is 299 g/mol. The van der Waals surface area contributed by atoms with Gasteiger partial charge < -0.3 is 13.8 Å². The van der Waals surface area contributed by atoms with E-state index in [1.165, 1.54) is 6.61 Å². The van der Waals surface area contributed by atoms with Crippen LogP contribution in [-0.2, 0) is 23.1 Å². The van der Waals surface area contributed by atoms with Crippen molar-refractivity contribution in [3.05, 3.63) is 13.5 Å². The van der Waals surface area contributed by atoms with Gasteiger partial charge >= 0.3 is 13.6 Å². The molecular formula is C13H25O5PS. The van der Waals surface area contributed by atoms with Gasteiger partial charge in [0, 0.05) is 5.75 Å². The molecule has 0 atom stereocenters. The van der Waals surface area contributed by atoms with Gasteiger partial charge in [-0.15, -0.1) is 0 Å². The lowest BCUT2D eigenvalue weighted by Crippen LogP contribution is -2.04. The van der Waals surface area contributed by atoms with E-state index in [2.05, 4.69) is 6.92 Å². The van der Waals surface area contributed by atoms with Crippen LogP contribution < -0.4 is 0 Å². The van der Waals surface area contributed by atoms with Crippen LogP contribution in [0.25, 0.3) is 0 Å². The Morgan fingerprint density at radius 1 is 1.25 bits per heavy atom. The summed E-state index contributed by atoms with van der Waals surface area (Å²) < 4.78 is 27.3. The molecule has 0 spiro atoms. The zero-order valence-corrected chi connectivity index (χ0v) is 14.0. The second kappa shape index (κ2) is 12.7. The molecule has 0 N–H and O–H groups in total. The fraction of sp³-hybridized carbons (Fsp3) is 0.769. The summed E-state index contributed by atoms with van der Waals surface area (Å²) in [4.78, 5) is 11.2. The Bertz CT molecular complexity index is 288. The van der Waals surface area contributed by atoms with E-state index in [0.717, 1.165) is 12.2 Å². The minimum Gasteiger partial charge on any atom is -0.458 e. The first-order chi connectivity index (χ1) is 9.58. The number of carbonyl (C=O) groups is 1. The average molecular weight is 324 g/mol. The summed E-state index contributed by atoms with van der Waals surface area (Å²) in [6.07, 6.45) is 2.00. The minimum absolute atomic E-state index is 0.240. The number of rotatable bonds is 13. The topological polar surface area (TPSA) is 61.8 Å². The van der Waals surface area contributed by atoms with Crippen molar-refractivity contribution in [2.45, 2.75) is 33.1 Å². The Labute approximate surface area is 126 Å². The highest BCUT2D eigenvalue weighted by molar-refractivity contribution is 7.99. The van der Waals surface area contributed by atoms with E-state index in [0.29, 0.717) is 38.0 Å². The number of hydrogen-bond acceptors (Lipinski definition) is 6. The van der Waals surface area contributed by atoms with Gasteiger partial charge in [-0.2, -0.15) is 11.8 Å². The lowest BCUT2D eigenvalue weighted by molar-refractivity contribution is -0.139. The average Bonchev–Trinajstić information content (AvgIpc) is 2.41. The first kappa shape index (κ1) is 20.0. The van der Waals surface area contributed by atoms with Crippen LogP contribution in [0.1, 0.15) is 33.1 Å². The van der Waals surface area contributed by atoms with Crippen LogP contribution in [0.3, 0.4) is 0 Å². The smallest absolute Gasteiger partial charge is 0.330 e. The number of esters is 1. The van der Waals surface area contributed by atoms with Crippen LogP contribution in [0, 0.1) is 13.5 Å². The van der Waals surface area contributed by atoms with E-state index in [9.17, 15) is 9.36 Å². The summed E-state index contributed by atoms with van der Waals surface area (Å²) in [5, 5.41) is 0. The SMILES string of the molecule is [CH2]C[CH]OC(=O)CCSCCCP(=O)(OCC)OCC. The molecule has 2 radical (unpaired) electrons. The van der Waals surface area contributed by atoms with E-state index < -0.39 is 7.60 Å². The monoisotopic (exact) mass is 324 g/mol. The van der Waals surface area contributed by atoms with Crippen LogP contribution in [-0.4, -0.2) is 36.9 Å². The molecule has 0 heterocycles. The van der Waals surface area contributed by atoms with Gasteiger partial charge in [-0.25, -0.2) is 0 Å². The van der Waals surface area contributed by atoms with E-state index in [4.69, 9.17) is 13.8 Å². The van der Waals surface area contributed by atoms with Gasteiger partial charge in [0.25, 0.3) is 0 Å². The van der Waals surface area contributed by atoms with Crippen molar-refractivity contribution < 1.29 is 23.1 Å². The summed E-state index contributed by atoms with van der Waals surface area (Å²) in [5.74, 6) is 1.27. The molecule has 118 valence electrons. The highest BCUT2D eigenvalue weighted by Crippen LogP contribution is 2.48. The lowest BCUT2D eigenvalue weighted by atomic mass is 10.5. The molecule has 0 aliphatic heterocycles. The first-order valence-electron chi connectivity index (χ1n) is 6.84. The fourth-order valence-electron chi connectivity index (χ4n) is 1.39. The third kappa shape index (κ3) is 10.7. The number of ether oxygens (including phenoxy) is 1. The minimum atomic E-state index is -2.92. The molecule has 0 aromatic rings. The fourth-order valence-corrected chi connectivity index (χ4v) is 4.13. The van der Waals surface area contributed by atoms with Gasteiger partial charge in [0.05, 0.1) is 25.8 Å². The summed E-state index contributed by atoms with van der Waals surface area (Å²) >= 11 is 1.63. The normalized spacial score (nSPS) is 11.6. The summed E-state index contributed by atoms with van der Waals surface area (Å²) in [6, 6.07) is 0. The molecule has 0 aromatic heterocycles. The highest BCUT2D eigenvalue weighted by atomic mass is 32.2. The van der Waals surface area contributed by atoms with E-state index in [1.54, 1.807) is 25.6 Å². The van der Waals surface area contributed by atoms with Crippen LogP contribution in [0.5, 0.6) is 0 Å². The molecule has 5 nitrogen and oxygen atoms in total. The van der Waals surface area contributed by atoms with Crippen LogP contribution >= 0.6 is 19.4 Å². The predicted octanol–water partition coefficient (Wildman–Crippen LogP) is 3.70. The van der Waals surface area contributed by atoms with E-state index >= 15 is 0 Å². The van der Waals surface area contributed by atoms with Crippen molar-refractivity contribution in [3.8, 4) is 0 Å². The van der Waals surface area contributed by atoms with Crippen LogP contribution in [0.15, 0.2) is 0 Å². The zero-order chi connectivity index (χ0) is 15.3. The molecule has 0 aromatic carbocycles. The molecule has 0 fully saturated rings. The third-order valence-electron chi connectivity index (χ3n) is 2.16. The van der Waals surface area contributed by atoms with Gasteiger partial charge in [-0.1, -0.05) is 0 Å². The summed E-state index contributed by atoms with van der Waals surface area (Å²) in [6.45, 7) is 9.32. The Morgan fingerprint density at radius 3 is 2.45 bits per heavy atom. The van der Waals surface area contributed by atoms with Crippen molar-refractivity contribution in [1.29, 1.82) is 0 Å². The maximum atomic E-state index is 12.1. The van der Waals surface area contributed by atoms with Crippen LogP contribution in [0.2, 0.25) is 0 Å². The van der Waals surface area contributed by atoms with Gasteiger partial charge in [-0.3, -0.25) is 9.36 Å². The van der Waals surface area contributed by atoms with Gasteiger partial charge in [-0.05, 0) is 39.4 Å². The number of carbonyl (C=O) groups excluding carboxylic acids is 1. The Balaban J connectivity index is 3.64. The second-order valence-electron chi connectivity index (χ2n) is 3.83. The quantitative estimate of drug-likeness (QED) is 0.292. The van der Waals surface area contributed by atoms with E-state index in [1.807, 2.05) is 0 Å². The molecule has 0 aliphatic rings. The molecule has 0 amide bonds. The Kier molecular flexibility index (Phi) is 12.7.